The standard InChI is InChI=1S/C15H20N2O2/c1-10(2)13(8-16)15(18)17-9-12-7-11(3)5-6-14(12)19-4/h5-7,10,13H,9H2,1-4H3,(H,17,18). The van der Waals surface area contributed by atoms with Gasteiger partial charge in [0.15, 0.2) is 0 Å². The topological polar surface area (TPSA) is 62.1 Å². The Hall–Kier alpha value is -2.02. The van der Waals surface area contributed by atoms with Crippen molar-refractivity contribution in [3.8, 4) is 11.8 Å². The molecule has 0 bridgehead atoms. The molecule has 1 amide bonds. The molecule has 19 heavy (non-hydrogen) atoms. The Bertz CT molecular complexity index is 489. The number of nitrogens with zero attached hydrogens (tertiary/aromatic N) is 1. The molecular weight excluding hydrogens is 240 g/mol. The summed E-state index contributed by atoms with van der Waals surface area (Å²) in [6.45, 7) is 6.08. The highest BCUT2D eigenvalue weighted by Gasteiger charge is 2.21. The fraction of sp³-hybridized carbons (Fsp3) is 0.467. The number of carbonyl (C=O) groups excluding carboxylic acids is 1. The highest BCUT2D eigenvalue weighted by atomic mass is 16.5. The number of ether oxygens (including phenoxy) is 1. The maximum Gasteiger partial charge on any atom is 0.237 e. The highest BCUT2D eigenvalue weighted by Crippen LogP contribution is 2.19. The lowest BCUT2D eigenvalue weighted by atomic mass is 9.96. The van der Waals surface area contributed by atoms with Crippen molar-refractivity contribution in [3.05, 3.63) is 29.3 Å². The minimum Gasteiger partial charge on any atom is -0.496 e. The third-order valence-electron chi connectivity index (χ3n) is 2.98. The summed E-state index contributed by atoms with van der Waals surface area (Å²) in [6, 6.07) is 7.83. The molecule has 0 aliphatic carbocycles. The van der Waals surface area contributed by atoms with Gasteiger partial charge in [-0.3, -0.25) is 4.79 Å². The molecule has 1 atom stereocenters. The fourth-order valence-corrected chi connectivity index (χ4v) is 1.85. The van der Waals surface area contributed by atoms with E-state index in [0.29, 0.717) is 6.54 Å². The minimum atomic E-state index is -0.615. The molecule has 0 saturated heterocycles. The number of amides is 1. The van der Waals surface area contributed by atoms with Crippen molar-refractivity contribution in [3.63, 3.8) is 0 Å². The number of benzene rings is 1. The number of aryl methyl sites for hydroxylation is 1. The molecule has 0 radical (unpaired) electrons. The second-order valence-electron chi connectivity index (χ2n) is 4.88. The zero-order chi connectivity index (χ0) is 14.4. The fourth-order valence-electron chi connectivity index (χ4n) is 1.85. The minimum absolute atomic E-state index is 0.00408. The van der Waals surface area contributed by atoms with Crippen LogP contribution in [0.25, 0.3) is 0 Å². The van der Waals surface area contributed by atoms with Gasteiger partial charge in [-0.05, 0) is 18.9 Å². The van der Waals surface area contributed by atoms with Crippen LogP contribution < -0.4 is 10.1 Å². The van der Waals surface area contributed by atoms with Crippen LogP contribution in [0.2, 0.25) is 0 Å². The van der Waals surface area contributed by atoms with E-state index in [1.165, 1.54) is 0 Å². The Morgan fingerprint density at radius 1 is 1.47 bits per heavy atom. The van der Waals surface area contributed by atoms with Crippen LogP contribution in [0.5, 0.6) is 5.75 Å². The van der Waals surface area contributed by atoms with Gasteiger partial charge in [-0.2, -0.15) is 5.26 Å². The van der Waals surface area contributed by atoms with Gasteiger partial charge in [0, 0.05) is 12.1 Å². The van der Waals surface area contributed by atoms with Crippen LogP contribution in [0.15, 0.2) is 18.2 Å². The Labute approximate surface area is 114 Å². The lowest BCUT2D eigenvalue weighted by Gasteiger charge is -2.14. The van der Waals surface area contributed by atoms with Crippen LogP contribution in [0.4, 0.5) is 0 Å². The second kappa shape index (κ2) is 6.79. The molecule has 0 fully saturated rings. The molecule has 0 aliphatic rings. The normalized spacial score (nSPS) is 11.8. The van der Waals surface area contributed by atoms with Gasteiger partial charge >= 0.3 is 0 Å². The lowest BCUT2D eigenvalue weighted by Crippen LogP contribution is -2.32. The van der Waals surface area contributed by atoms with E-state index in [4.69, 9.17) is 10.00 Å². The van der Waals surface area contributed by atoms with Gasteiger partial charge in [-0.15, -0.1) is 0 Å². The molecule has 4 heteroatoms. The van der Waals surface area contributed by atoms with Crippen molar-refractivity contribution >= 4 is 5.91 Å². The van der Waals surface area contributed by atoms with Crippen molar-refractivity contribution in [2.75, 3.05) is 7.11 Å². The highest BCUT2D eigenvalue weighted by molar-refractivity contribution is 5.81. The second-order valence-corrected chi connectivity index (χ2v) is 4.88. The van der Waals surface area contributed by atoms with Crippen molar-refractivity contribution in [1.82, 2.24) is 5.32 Å². The van der Waals surface area contributed by atoms with Gasteiger partial charge in [0.1, 0.15) is 11.7 Å². The van der Waals surface area contributed by atoms with Gasteiger partial charge in [-0.25, -0.2) is 0 Å². The zero-order valence-electron chi connectivity index (χ0n) is 11.9. The van der Waals surface area contributed by atoms with Crippen molar-refractivity contribution in [2.24, 2.45) is 11.8 Å². The summed E-state index contributed by atoms with van der Waals surface area (Å²) in [7, 11) is 1.60. The summed E-state index contributed by atoms with van der Waals surface area (Å²) in [5, 5.41) is 11.8. The van der Waals surface area contributed by atoms with Crippen molar-refractivity contribution in [2.45, 2.75) is 27.3 Å². The van der Waals surface area contributed by atoms with Crippen LogP contribution in [0, 0.1) is 30.1 Å². The molecule has 0 spiro atoms. The van der Waals surface area contributed by atoms with Crippen LogP contribution >= 0.6 is 0 Å². The average molecular weight is 260 g/mol. The first-order chi connectivity index (χ1) is 8.99. The Balaban J connectivity index is 2.74. The predicted octanol–water partition coefficient (Wildman–Crippen LogP) is 2.42. The number of methoxy groups -OCH3 is 1. The van der Waals surface area contributed by atoms with Crippen LogP contribution in [-0.2, 0) is 11.3 Å². The van der Waals surface area contributed by atoms with E-state index >= 15 is 0 Å². The largest absolute Gasteiger partial charge is 0.496 e. The smallest absolute Gasteiger partial charge is 0.237 e. The SMILES string of the molecule is COc1ccc(C)cc1CNC(=O)C(C#N)C(C)C. The molecule has 1 N–H and O–H groups in total. The summed E-state index contributed by atoms with van der Waals surface area (Å²) in [4.78, 5) is 11.9. The first-order valence-electron chi connectivity index (χ1n) is 6.30. The van der Waals surface area contributed by atoms with Crippen molar-refractivity contribution < 1.29 is 9.53 Å². The van der Waals surface area contributed by atoms with Gasteiger partial charge < -0.3 is 10.1 Å². The van der Waals surface area contributed by atoms with Gasteiger partial charge in [-0.1, -0.05) is 31.5 Å². The van der Waals surface area contributed by atoms with Crippen LogP contribution in [0.1, 0.15) is 25.0 Å². The molecule has 1 aromatic carbocycles. The number of hydrogen-bond donors (Lipinski definition) is 1. The maximum atomic E-state index is 11.9. The molecule has 0 heterocycles. The zero-order valence-corrected chi connectivity index (χ0v) is 11.9. The number of nitrogens with one attached hydrogen (secondary N) is 1. The van der Waals surface area contributed by atoms with E-state index in [-0.39, 0.29) is 11.8 Å². The Kier molecular flexibility index (Phi) is 5.37. The number of hydrogen-bond acceptors (Lipinski definition) is 3. The first-order valence-corrected chi connectivity index (χ1v) is 6.30. The van der Waals surface area contributed by atoms with Gasteiger partial charge in [0.25, 0.3) is 0 Å². The molecule has 1 rings (SSSR count). The first kappa shape index (κ1) is 15.0. The van der Waals surface area contributed by atoms with Crippen LogP contribution in [0.3, 0.4) is 0 Å². The third kappa shape index (κ3) is 3.99. The van der Waals surface area contributed by atoms with Crippen LogP contribution in [-0.4, -0.2) is 13.0 Å². The van der Waals surface area contributed by atoms with Gasteiger partial charge in [0.2, 0.25) is 5.91 Å². The molecule has 0 saturated carbocycles. The van der Waals surface area contributed by atoms with E-state index < -0.39 is 5.92 Å². The molecule has 1 unspecified atom stereocenters. The molecule has 102 valence electrons. The number of carbonyl (C=O) groups is 1. The number of rotatable bonds is 5. The average Bonchev–Trinajstić information content (AvgIpc) is 2.37. The summed E-state index contributed by atoms with van der Waals surface area (Å²) in [6.07, 6.45) is 0. The Morgan fingerprint density at radius 2 is 2.16 bits per heavy atom. The van der Waals surface area contributed by atoms with E-state index in [9.17, 15) is 4.79 Å². The van der Waals surface area contributed by atoms with E-state index in [2.05, 4.69) is 5.32 Å². The maximum absolute atomic E-state index is 11.9. The van der Waals surface area contributed by atoms with E-state index in [1.54, 1.807) is 7.11 Å². The van der Waals surface area contributed by atoms with E-state index in [1.807, 2.05) is 45.0 Å². The molecule has 4 nitrogen and oxygen atoms in total. The molecular formula is C15H20N2O2. The summed E-state index contributed by atoms with van der Waals surface area (Å²) in [5.41, 5.74) is 2.02. The van der Waals surface area contributed by atoms with Gasteiger partial charge in [0.05, 0.1) is 13.2 Å². The summed E-state index contributed by atoms with van der Waals surface area (Å²) < 4.78 is 5.25. The summed E-state index contributed by atoms with van der Waals surface area (Å²) >= 11 is 0. The monoisotopic (exact) mass is 260 g/mol. The quantitative estimate of drug-likeness (QED) is 0.884. The summed E-state index contributed by atoms with van der Waals surface area (Å²) in [5.74, 6) is -0.106. The molecule has 0 aliphatic heterocycles. The predicted molar refractivity (Wildman–Crippen MR) is 73.5 cm³/mol. The lowest BCUT2D eigenvalue weighted by molar-refractivity contribution is -0.124. The third-order valence-corrected chi connectivity index (χ3v) is 2.98. The number of nitriles is 1. The van der Waals surface area contributed by atoms with Crippen molar-refractivity contribution in [1.29, 1.82) is 5.26 Å². The van der Waals surface area contributed by atoms with E-state index in [0.717, 1.165) is 16.9 Å². The molecule has 0 aromatic heterocycles. The Morgan fingerprint density at radius 3 is 2.68 bits per heavy atom. The molecule has 1 aromatic rings.